The van der Waals surface area contributed by atoms with Crippen molar-refractivity contribution >= 4 is 90.8 Å². The zero-order valence-electron chi connectivity index (χ0n) is 37.3. The van der Waals surface area contributed by atoms with Gasteiger partial charge in [-0.2, -0.15) is 27.0 Å². The van der Waals surface area contributed by atoms with Gasteiger partial charge in [0.25, 0.3) is 5.69 Å². The van der Waals surface area contributed by atoms with Gasteiger partial charge in [0.1, 0.15) is 17.4 Å². The van der Waals surface area contributed by atoms with Crippen LogP contribution in [0.5, 0.6) is 5.75 Å². The number of carbonyl (C=O) groups excluding carboxylic acids is 4. The summed E-state index contributed by atoms with van der Waals surface area (Å²) in [6.07, 6.45) is 8.64. The summed E-state index contributed by atoms with van der Waals surface area (Å²) in [5, 5.41) is 10.4. The van der Waals surface area contributed by atoms with Crippen LogP contribution in [0, 0.1) is 27.7 Å². The van der Waals surface area contributed by atoms with Crippen LogP contribution in [0.2, 0.25) is 10.0 Å². The Hall–Kier alpha value is -3.71. The second-order valence-corrected chi connectivity index (χ2v) is 14.6. The van der Waals surface area contributed by atoms with E-state index in [-0.39, 0.29) is 91.7 Å². The van der Waals surface area contributed by atoms with Crippen LogP contribution in [0.15, 0.2) is 60.7 Å². The molecule has 4 rings (SSSR count). The van der Waals surface area contributed by atoms with Crippen LogP contribution >= 0.6 is 61.8 Å². The van der Waals surface area contributed by atoms with Crippen LogP contribution in [0.1, 0.15) is 96.1 Å². The molecule has 64 heavy (non-hydrogen) atoms. The van der Waals surface area contributed by atoms with E-state index in [2.05, 4.69) is 28.1 Å². The highest BCUT2D eigenvalue weighted by molar-refractivity contribution is 7.59. The first-order valence-corrected chi connectivity index (χ1v) is 21.3. The first kappa shape index (κ1) is 64.6. The number of methoxy groups -OCH3 is 2. The molecule has 1 amide bonds. The molecule has 3 aromatic carbocycles. The van der Waals surface area contributed by atoms with E-state index in [9.17, 15) is 38.1 Å². The molecule has 3 aromatic rings. The van der Waals surface area contributed by atoms with Crippen molar-refractivity contribution in [2.75, 3.05) is 34.5 Å². The van der Waals surface area contributed by atoms with Crippen molar-refractivity contribution in [3.63, 3.8) is 0 Å². The number of amides is 1. The number of aryl methyl sites for hydroxylation is 1. The molecule has 0 radical (unpaired) electrons. The largest absolute Gasteiger partial charge is 0.469 e. The van der Waals surface area contributed by atoms with Crippen LogP contribution in [0.3, 0.4) is 0 Å². The normalized spacial score (nSPS) is 11.3. The predicted molar refractivity (Wildman–Crippen MR) is 258 cm³/mol. The number of halogens is 5. The number of rotatable bonds is 16. The van der Waals surface area contributed by atoms with Gasteiger partial charge in [-0.3, -0.25) is 24.5 Å². The van der Waals surface area contributed by atoms with Crippen molar-refractivity contribution < 1.29 is 51.8 Å². The van der Waals surface area contributed by atoms with E-state index in [1.54, 1.807) is 36.2 Å². The third kappa shape index (κ3) is 28.3. The minimum absolute atomic E-state index is 0. The number of ether oxygens (including phenoxy) is 4. The lowest BCUT2D eigenvalue weighted by Crippen LogP contribution is -2.37. The number of non-ortho nitro benzene ring substituents is 1. The summed E-state index contributed by atoms with van der Waals surface area (Å²) in [6.45, 7) is 8.56. The highest BCUT2D eigenvalue weighted by Gasteiger charge is 2.20. The summed E-state index contributed by atoms with van der Waals surface area (Å²) in [5.41, 5.74) is 5.48. The lowest BCUT2D eigenvalue weighted by atomic mass is 9.98. The standard InChI is InChI=1S/C17H23ClFNO3.C9H18O2.C7H7ClFN.C7H4ClNO4.C4H8O.2H2S/c1-4-13(9-11-16(22)23-3)20(2)15(21)10-8-12-6-5-7-14(19)17(12)18;1-4-8(5-2)6-7-9(10)11-3;8-7-5(4-10)2-1-3-6(7)9;8-7(10)13-6-3-1-5(2-4-6)9(11)12;1-2-4-5-3-1;;/h5-7,13H,4,8-11H2,1-3H3;8H,4-7H2,1-3H3;1-3H,4,10H2;1-4H;1-4H2;2*1H2/t13-;;;;;;/m1....../s1. The van der Waals surface area contributed by atoms with E-state index in [1.807, 2.05) is 6.92 Å². The number of hydrogen-bond acceptors (Lipinski definition) is 11. The van der Waals surface area contributed by atoms with E-state index in [0.29, 0.717) is 36.3 Å². The van der Waals surface area contributed by atoms with Crippen LogP contribution in [-0.4, -0.2) is 73.6 Å². The number of esters is 2. The van der Waals surface area contributed by atoms with Crippen molar-refractivity contribution in [2.24, 2.45) is 11.7 Å². The maximum absolute atomic E-state index is 13.4. The zero-order chi connectivity index (χ0) is 47.0. The Morgan fingerprint density at radius 3 is 1.67 bits per heavy atom. The summed E-state index contributed by atoms with van der Waals surface area (Å²) >= 11 is 16.4. The Kier molecular flexibility index (Phi) is 38.9. The molecule has 13 nitrogen and oxygen atoms in total. The predicted octanol–water partition coefficient (Wildman–Crippen LogP) is 11.3. The van der Waals surface area contributed by atoms with Crippen molar-refractivity contribution in [3.05, 3.63) is 104 Å². The molecule has 1 aliphatic heterocycles. The second-order valence-electron chi connectivity index (χ2n) is 13.5. The van der Waals surface area contributed by atoms with Gasteiger partial charge in [-0.1, -0.05) is 81.1 Å². The van der Waals surface area contributed by atoms with Crippen LogP contribution in [-0.2, 0) is 41.6 Å². The van der Waals surface area contributed by atoms with Crippen LogP contribution in [0.25, 0.3) is 0 Å². The van der Waals surface area contributed by atoms with Crippen molar-refractivity contribution in [3.8, 4) is 5.75 Å². The smallest absolute Gasteiger partial charge is 0.409 e. The van der Waals surface area contributed by atoms with E-state index in [0.717, 1.165) is 38.9 Å². The van der Waals surface area contributed by atoms with E-state index >= 15 is 0 Å². The fraction of sp³-hybridized carbons (Fsp3) is 0.500. The van der Waals surface area contributed by atoms with Gasteiger partial charge in [-0.25, -0.2) is 13.6 Å². The van der Waals surface area contributed by atoms with Gasteiger partial charge in [0, 0.05) is 75.8 Å². The number of nitrogens with two attached hydrogens (primary N) is 1. The quantitative estimate of drug-likeness (QED) is 0.0625. The molecule has 1 saturated heterocycles. The second kappa shape index (κ2) is 38.5. The summed E-state index contributed by atoms with van der Waals surface area (Å²) in [5.74, 6) is -0.450. The van der Waals surface area contributed by atoms with Crippen LogP contribution < -0.4 is 10.5 Å². The fourth-order valence-corrected chi connectivity index (χ4v) is 6.00. The van der Waals surface area contributed by atoms with Gasteiger partial charge in [0.2, 0.25) is 5.91 Å². The van der Waals surface area contributed by atoms with Gasteiger partial charge < -0.3 is 29.6 Å². The molecule has 0 unspecified atom stereocenters. The van der Waals surface area contributed by atoms with Crippen molar-refractivity contribution in [1.82, 2.24) is 4.90 Å². The maximum atomic E-state index is 13.4. The highest BCUT2D eigenvalue weighted by Crippen LogP contribution is 2.22. The molecule has 1 fully saturated rings. The van der Waals surface area contributed by atoms with Crippen LogP contribution in [0.4, 0.5) is 19.3 Å². The number of hydrogen-bond donors (Lipinski definition) is 1. The SMILES string of the molecule is C1CCOC1.CCC(CC)CCC(=O)OC.CC[C@H](CCC(=O)OC)N(C)C(=O)CCc1cccc(F)c1Cl.NCc1cccc(F)c1Cl.O=C(Cl)Oc1ccc([N+](=O)[O-])cc1.S.S. The molecule has 0 aromatic heterocycles. The summed E-state index contributed by atoms with van der Waals surface area (Å²) in [6, 6.07) is 14.2. The molecule has 1 aliphatic rings. The summed E-state index contributed by atoms with van der Waals surface area (Å²) in [7, 11) is 4.51. The number of nitro benzene ring substituents is 1. The summed E-state index contributed by atoms with van der Waals surface area (Å²) in [4.78, 5) is 55.8. The minimum atomic E-state index is -0.978. The lowest BCUT2D eigenvalue weighted by Gasteiger charge is -2.27. The van der Waals surface area contributed by atoms with E-state index in [4.69, 9.17) is 45.3 Å². The maximum Gasteiger partial charge on any atom is 0.409 e. The van der Waals surface area contributed by atoms with Gasteiger partial charge in [0.15, 0.2) is 0 Å². The lowest BCUT2D eigenvalue weighted by molar-refractivity contribution is -0.384. The zero-order valence-corrected chi connectivity index (χ0v) is 41.5. The third-order valence-electron chi connectivity index (χ3n) is 9.43. The monoisotopic (exact) mass is 1000 g/mol. The molecule has 0 aliphatic carbocycles. The highest BCUT2D eigenvalue weighted by atomic mass is 35.5. The fourth-order valence-electron chi connectivity index (χ4n) is 5.49. The van der Waals surface area contributed by atoms with E-state index in [1.165, 1.54) is 63.5 Å². The molecule has 362 valence electrons. The number of benzene rings is 3. The number of carbonyl (C=O) groups is 4. The molecule has 20 heteroatoms. The summed E-state index contributed by atoms with van der Waals surface area (Å²) < 4.78 is 44.5. The minimum Gasteiger partial charge on any atom is -0.469 e. The molecule has 0 saturated carbocycles. The average molecular weight is 1000 g/mol. The third-order valence-corrected chi connectivity index (χ3v) is 10.3. The molecule has 0 spiro atoms. The first-order valence-electron chi connectivity index (χ1n) is 20.1. The molecule has 0 bridgehead atoms. The molecular formula is C44H64Cl3F2N3O10S2. The average Bonchev–Trinajstić information content (AvgIpc) is 3.87. The van der Waals surface area contributed by atoms with Gasteiger partial charge in [-0.05, 0) is 79.8 Å². The van der Waals surface area contributed by atoms with Gasteiger partial charge in [0.05, 0.1) is 29.2 Å². The molecule has 2 N–H and O–H groups in total. The molecule has 1 heterocycles. The van der Waals surface area contributed by atoms with Crippen molar-refractivity contribution in [2.45, 2.75) is 104 Å². The topological polar surface area (TPSA) is 178 Å². The molecular weight excluding hydrogens is 939 g/mol. The van der Waals surface area contributed by atoms with Gasteiger partial charge in [-0.15, -0.1) is 0 Å². The Labute approximate surface area is 405 Å². The number of nitrogens with zero attached hydrogens (tertiary/aromatic N) is 2. The Morgan fingerprint density at radius 2 is 1.28 bits per heavy atom. The Morgan fingerprint density at radius 1 is 0.797 bits per heavy atom. The number of nitro groups is 1. The Bertz CT molecular complexity index is 1790. The molecule has 1 atom stereocenters. The first-order chi connectivity index (χ1) is 29.5. The Balaban J connectivity index is -0.000000777. The van der Waals surface area contributed by atoms with Crippen molar-refractivity contribution in [1.29, 1.82) is 0 Å². The van der Waals surface area contributed by atoms with E-state index < -0.39 is 22.0 Å². The van der Waals surface area contributed by atoms with Gasteiger partial charge >= 0.3 is 17.4 Å².